The van der Waals surface area contributed by atoms with E-state index in [-0.39, 0.29) is 23.1 Å². The summed E-state index contributed by atoms with van der Waals surface area (Å²) in [6.07, 6.45) is 1.25. The summed E-state index contributed by atoms with van der Waals surface area (Å²) in [4.78, 5) is 27.8. The van der Waals surface area contributed by atoms with Gasteiger partial charge < -0.3 is 9.84 Å². The minimum Gasteiger partial charge on any atom is -0.352 e. The third-order valence-electron chi connectivity index (χ3n) is 4.68. The van der Waals surface area contributed by atoms with Gasteiger partial charge in [-0.2, -0.15) is 4.98 Å². The Balaban J connectivity index is 1.48. The van der Waals surface area contributed by atoms with Crippen molar-refractivity contribution < 1.29 is 22.5 Å². The maximum Gasteiger partial charge on any atom is 0.251 e. The van der Waals surface area contributed by atoms with E-state index in [0.29, 0.717) is 47.8 Å². The van der Waals surface area contributed by atoms with E-state index in [4.69, 9.17) is 4.52 Å². The standard InChI is InChI=1S/C22H24N4O5S/c1-15(27)18-9-11-20(12-10-18)32(29,30)24-14-17-5-7-19(8-6-17)22(28)23-13-3-4-21-25-16(2)26-31-21/h5-12,24H,3-4,13-14H2,1-2H3,(H,23,28). The molecule has 0 aliphatic carbocycles. The zero-order chi connectivity index (χ0) is 23.1. The summed E-state index contributed by atoms with van der Waals surface area (Å²) in [7, 11) is -3.72. The molecule has 1 amide bonds. The lowest BCUT2D eigenvalue weighted by Crippen LogP contribution is -2.25. The largest absolute Gasteiger partial charge is 0.352 e. The molecule has 3 aromatic rings. The van der Waals surface area contributed by atoms with Crippen LogP contribution in [0.5, 0.6) is 0 Å². The fourth-order valence-electron chi connectivity index (χ4n) is 2.89. The van der Waals surface area contributed by atoms with Crippen LogP contribution in [0.4, 0.5) is 0 Å². The smallest absolute Gasteiger partial charge is 0.251 e. The van der Waals surface area contributed by atoms with Crippen LogP contribution in [-0.4, -0.2) is 36.8 Å². The van der Waals surface area contributed by atoms with E-state index in [1.807, 2.05) is 0 Å². The zero-order valence-corrected chi connectivity index (χ0v) is 18.6. The van der Waals surface area contributed by atoms with Gasteiger partial charge in [-0.05, 0) is 50.1 Å². The first-order chi connectivity index (χ1) is 15.2. The molecule has 32 heavy (non-hydrogen) atoms. The van der Waals surface area contributed by atoms with Crippen LogP contribution >= 0.6 is 0 Å². The van der Waals surface area contributed by atoms with Crippen molar-refractivity contribution in [1.29, 1.82) is 0 Å². The van der Waals surface area contributed by atoms with Gasteiger partial charge in [0.2, 0.25) is 15.9 Å². The lowest BCUT2D eigenvalue weighted by atomic mass is 10.1. The molecule has 0 bridgehead atoms. The summed E-state index contributed by atoms with van der Waals surface area (Å²) in [6, 6.07) is 12.4. The summed E-state index contributed by atoms with van der Waals surface area (Å²) >= 11 is 0. The van der Waals surface area contributed by atoms with Crippen LogP contribution in [0, 0.1) is 6.92 Å². The van der Waals surface area contributed by atoms with Gasteiger partial charge in [0.15, 0.2) is 11.6 Å². The fraction of sp³-hybridized carbons (Fsp3) is 0.273. The van der Waals surface area contributed by atoms with Crippen molar-refractivity contribution in [3.63, 3.8) is 0 Å². The number of aromatic nitrogens is 2. The number of hydrogen-bond acceptors (Lipinski definition) is 7. The molecular formula is C22H24N4O5S. The van der Waals surface area contributed by atoms with E-state index in [1.165, 1.54) is 31.2 Å². The highest BCUT2D eigenvalue weighted by Gasteiger charge is 2.14. The van der Waals surface area contributed by atoms with Gasteiger partial charge in [-0.1, -0.05) is 29.4 Å². The molecule has 0 unspecified atom stereocenters. The molecule has 3 rings (SSSR count). The third-order valence-corrected chi connectivity index (χ3v) is 6.09. The van der Waals surface area contributed by atoms with Crippen LogP contribution in [0.1, 0.15) is 51.3 Å². The molecule has 0 atom stereocenters. The number of nitrogens with zero attached hydrogens (tertiary/aromatic N) is 2. The van der Waals surface area contributed by atoms with Gasteiger partial charge in [0.25, 0.3) is 5.91 Å². The van der Waals surface area contributed by atoms with Crippen molar-refractivity contribution in [2.75, 3.05) is 6.54 Å². The molecule has 9 nitrogen and oxygen atoms in total. The van der Waals surface area contributed by atoms with Crippen LogP contribution in [0.3, 0.4) is 0 Å². The average Bonchev–Trinajstić information content (AvgIpc) is 3.20. The predicted molar refractivity (Wildman–Crippen MR) is 117 cm³/mol. The first-order valence-electron chi connectivity index (χ1n) is 10.0. The Morgan fingerprint density at radius 2 is 1.66 bits per heavy atom. The normalized spacial score (nSPS) is 11.3. The summed E-state index contributed by atoms with van der Waals surface area (Å²) < 4.78 is 32.4. The van der Waals surface area contributed by atoms with Crippen molar-refractivity contribution in [3.8, 4) is 0 Å². The molecule has 2 aromatic carbocycles. The number of ketones is 1. The molecule has 10 heteroatoms. The number of aryl methyl sites for hydroxylation is 2. The Bertz CT molecular complexity index is 1190. The quantitative estimate of drug-likeness (QED) is 0.354. The highest BCUT2D eigenvalue weighted by Crippen LogP contribution is 2.12. The molecule has 0 spiro atoms. The van der Waals surface area contributed by atoms with Crippen molar-refractivity contribution in [2.24, 2.45) is 0 Å². The Morgan fingerprint density at radius 3 is 2.25 bits per heavy atom. The summed E-state index contributed by atoms with van der Waals surface area (Å²) in [6.45, 7) is 3.70. The van der Waals surface area contributed by atoms with E-state index in [9.17, 15) is 18.0 Å². The van der Waals surface area contributed by atoms with Crippen LogP contribution in [-0.2, 0) is 23.0 Å². The molecule has 0 aliphatic rings. The molecule has 2 N–H and O–H groups in total. The molecule has 1 aromatic heterocycles. The van der Waals surface area contributed by atoms with E-state index < -0.39 is 10.0 Å². The van der Waals surface area contributed by atoms with Crippen molar-refractivity contribution in [2.45, 2.75) is 38.1 Å². The molecule has 0 radical (unpaired) electrons. The fourth-order valence-corrected chi connectivity index (χ4v) is 3.91. The topological polar surface area (TPSA) is 131 Å². The van der Waals surface area contributed by atoms with Crippen molar-refractivity contribution in [3.05, 3.63) is 76.9 Å². The Kier molecular flexibility index (Phi) is 7.49. The number of nitrogens with one attached hydrogen (secondary N) is 2. The van der Waals surface area contributed by atoms with Crippen molar-refractivity contribution >= 4 is 21.7 Å². The van der Waals surface area contributed by atoms with Crippen LogP contribution in [0.25, 0.3) is 0 Å². The molecule has 0 fully saturated rings. The lowest BCUT2D eigenvalue weighted by Gasteiger charge is -2.09. The van der Waals surface area contributed by atoms with E-state index in [0.717, 1.165) is 0 Å². The molecule has 0 saturated heterocycles. The van der Waals surface area contributed by atoms with Gasteiger partial charge in [0.1, 0.15) is 0 Å². The van der Waals surface area contributed by atoms with Gasteiger partial charge in [-0.3, -0.25) is 9.59 Å². The number of amides is 1. The minimum absolute atomic E-state index is 0.0717. The number of Topliss-reactive ketones (excluding diaryl/α,β-unsaturated/α-hetero) is 1. The average molecular weight is 457 g/mol. The first kappa shape index (κ1) is 23.3. The van der Waals surface area contributed by atoms with Gasteiger partial charge in [-0.25, -0.2) is 13.1 Å². The zero-order valence-electron chi connectivity index (χ0n) is 17.8. The molecule has 0 saturated carbocycles. The number of carbonyl (C=O) groups is 2. The van der Waals surface area contributed by atoms with Gasteiger partial charge in [0, 0.05) is 30.6 Å². The number of carbonyl (C=O) groups excluding carboxylic acids is 2. The van der Waals surface area contributed by atoms with Gasteiger partial charge >= 0.3 is 0 Å². The van der Waals surface area contributed by atoms with Crippen LogP contribution in [0.15, 0.2) is 57.9 Å². The van der Waals surface area contributed by atoms with Crippen LogP contribution < -0.4 is 10.0 Å². The number of sulfonamides is 1. The molecule has 1 heterocycles. The first-order valence-corrected chi connectivity index (χ1v) is 11.5. The SMILES string of the molecule is CC(=O)c1ccc(S(=O)(=O)NCc2ccc(C(=O)NCCCc3nc(C)no3)cc2)cc1. The summed E-state index contributed by atoms with van der Waals surface area (Å²) in [5, 5.41) is 6.54. The number of rotatable bonds is 10. The van der Waals surface area contributed by atoms with Crippen molar-refractivity contribution in [1.82, 2.24) is 20.2 Å². The Hall–Kier alpha value is -3.37. The lowest BCUT2D eigenvalue weighted by molar-refractivity contribution is 0.0951. The van der Waals surface area contributed by atoms with E-state index in [2.05, 4.69) is 20.2 Å². The van der Waals surface area contributed by atoms with Gasteiger partial charge in [0.05, 0.1) is 4.90 Å². The highest BCUT2D eigenvalue weighted by molar-refractivity contribution is 7.89. The maximum absolute atomic E-state index is 12.4. The minimum atomic E-state index is -3.72. The predicted octanol–water partition coefficient (Wildman–Crippen LogP) is 2.42. The van der Waals surface area contributed by atoms with E-state index >= 15 is 0 Å². The van der Waals surface area contributed by atoms with E-state index in [1.54, 1.807) is 31.2 Å². The monoisotopic (exact) mass is 456 g/mol. The maximum atomic E-state index is 12.4. The number of hydrogen-bond donors (Lipinski definition) is 2. The Morgan fingerprint density at radius 1 is 1.00 bits per heavy atom. The second kappa shape index (κ2) is 10.3. The van der Waals surface area contributed by atoms with Gasteiger partial charge in [-0.15, -0.1) is 0 Å². The van der Waals surface area contributed by atoms with Crippen LogP contribution in [0.2, 0.25) is 0 Å². The second-order valence-electron chi connectivity index (χ2n) is 7.20. The Labute approximate surface area is 186 Å². The highest BCUT2D eigenvalue weighted by atomic mass is 32.2. The molecule has 0 aliphatic heterocycles. The third kappa shape index (κ3) is 6.32. The molecular weight excluding hydrogens is 432 g/mol. The second-order valence-corrected chi connectivity index (χ2v) is 8.96. The summed E-state index contributed by atoms with van der Waals surface area (Å²) in [5.74, 6) is 0.771. The summed E-state index contributed by atoms with van der Waals surface area (Å²) in [5.41, 5.74) is 1.63. The molecule has 168 valence electrons. The number of benzene rings is 2.